The highest BCUT2D eigenvalue weighted by Gasteiger charge is 2.46. The molecule has 1 heterocycles. The second-order valence-electron chi connectivity index (χ2n) is 6.43. The topological polar surface area (TPSA) is 32.3 Å². The lowest BCUT2D eigenvalue weighted by molar-refractivity contribution is -0.134. The number of nitrogens with zero attached hydrogens (tertiary/aromatic N) is 1. The highest BCUT2D eigenvalue weighted by atomic mass is 16.2. The Bertz CT molecular complexity index is 469. The van der Waals surface area contributed by atoms with E-state index < -0.39 is 0 Å². The van der Waals surface area contributed by atoms with Crippen LogP contribution in [-0.4, -0.2) is 36.0 Å². The Labute approximate surface area is 115 Å². The van der Waals surface area contributed by atoms with E-state index in [-0.39, 0.29) is 11.5 Å². The van der Waals surface area contributed by atoms with Crippen LogP contribution >= 0.6 is 0 Å². The van der Waals surface area contributed by atoms with Gasteiger partial charge in [-0.1, -0.05) is 30.3 Å². The van der Waals surface area contributed by atoms with Crippen LogP contribution in [0.3, 0.4) is 0 Å². The van der Waals surface area contributed by atoms with Crippen LogP contribution in [0.1, 0.15) is 31.7 Å². The molecule has 1 aromatic rings. The molecule has 1 aromatic carbocycles. The number of carbonyl (C=O) groups excluding carboxylic acids is 1. The van der Waals surface area contributed by atoms with Gasteiger partial charge in [0.15, 0.2) is 0 Å². The van der Waals surface area contributed by atoms with Crippen LogP contribution in [0.15, 0.2) is 30.3 Å². The van der Waals surface area contributed by atoms with Gasteiger partial charge in [-0.05, 0) is 31.7 Å². The van der Waals surface area contributed by atoms with E-state index in [0.29, 0.717) is 11.8 Å². The smallest absolute Gasteiger partial charge is 0.226 e. The fraction of sp³-hybridized carbons (Fsp3) is 0.562. The largest absolute Gasteiger partial charge is 0.339 e. The molecule has 1 saturated carbocycles. The fourth-order valence-corrected chi connectivity index (χ4v) is 3.10. The third-order valence-electron chi connectivity index (χ3n) is 4.22. The summed E-state index contributed by atoms with van der Waals surface area (Å²) in [6, 6.07) is 10.4. The van der Waals surface area contributed by atoms with Crippen molar-refractivity contribution in [2.75, 3.05) is 19.6 Å². The van der Waals surface area contributed by atoms with Crippen LogP contribution in [0.25, 0.3) is 0 Å². The van der Waals surface area contributed by atoms with Crippen molar-refractivity contribution >= 4 is 5.91 Å². The van der Waals surface area contributed by atoms with E-state index in [1.165, 1.54) is 5.56 Å². The quantitative estimate of drug-likeness (QED) is 0.880. The monoisotopic (exact) mass is 258 g/mol. The van der Waals surface area contributed by atoms with Gasteiger partial charge in [-0.3, -0.25) is 4.79 Å². The molecule has 1 N–H and O–H groups in total. The third-order valence-corrected chi connectivity index (χ3v) is 4.22. The number of piperazine rings is 1. The van der Waals surface area contributed by atoms with E-state index >= 15 is 0 Å². The van der Waals surface area contributed by atoms with Gasteiger partial charge in [-0.15, -0.1) is 0 Å². The maximum atomic E-state index is 12.5. The van der Waals surface area contributed by atoms with Crippen molar-refractivity contribution in [2.24, 2.45) is 5.92 Å². The van der Waals surface area contributed by atoms with E-state index in [4.69, 9.17) is 0 Å². The van der Waals surface area contributed by atoms with Gasteiger partial charge in [0.1, 0.15) is 0 Å². The zero-order valence-corrected chi connectivity index (χ0v) is 11.7. The van der Waals surface area contributed by atoms with Gasteiger partial charge in [0.05, 0.1) is 0 Å². The van der Waals surface area contributed by atoms with Crippen molar-refractivity contribution in [3.05, 3.63) is 35.9 Å². The SMILES string of the molecule is CC1(C)CN(C(=O)C2CC2c2ccccc2)CCN1. The molecule has 1 saturated heterocycles. The predicted molar refractivity (Wildman–Crippen MR) is 76.0 cm³/mol. The molecule has 0 bridgehead atoms. The van der Waals surface area contributed by atoms with E-state index in [1.807, 2.05) is 11.0 Å². The highest BCUT2D eigenvalue weighted by molar-refractivity contribution is 5.83. The number of rotatable bonds is 2. The molecule has 1 aliphatic carbocycles. The lowest BCUT2D eigenvalue weighted by atomic mass is 10.0. The Hall–Kier alpha value is -1.35. The Morgan fingerprint density at radius 3 is 2.74 bits per heavy atom. The van der Waals surface area contributed by atoms with E-state index in [1.54, 1.807) is 0 Å². The first kappa shape index (κ1) is 12.7. The standard InChI is InChI=1S/C16H22N2O/c1-16(2)11-18(9-8-17-16)15(19)14-10-13(14)12-6-4-3-5-7-12/h3-7,13-14,17H,8-11H2,1-2H3. The predicted octanol–water partition coefficient (Wildman–Crippen LogP) is 2.00. The molecule has 0 spiro atoms. The van der Waals surface area contributed by atoms with E-state index in [0.717, 1.165) is 26.1 Å². The molecule has 102 valence electrons. The molecular weight excluding hydrogens is 236 g/mol. The maximum absolute atomic E-state index is 12.5. The summed E-state index contributed by atoms with van der Waals surface area (Å²) in [5.41, 5.74) is 1.36. The van der Waals surface area contributed by atoms with Gasteiger partial charge in [0, 0.05) is 31.1 Å². The first-order chi connectivity index (χ1) is 9.07. The summed E-state index contributed by atoms with van der Waals surface area (Å²) >= 11 is 0. The van der Waals surface area contributed by atoms with Crippen molar-refractivity contribution in [3.63, 3.8) is 0 Å². The average molecular weight is 258 g/mol. The van der Waals surface area contributed by atoms with Crippen LogP contribution in [-0.2, 0) is 4.79 Å². The summed E-state index contributed by atoms with van der Waals surface area (Å²) in [6.07, 6.45) is 1.02. The first-order valence-electron chi connectivity index (χ1n) is 7.16. The van der Waals surface area contributed by atoms with E-state index in [2.05, 4.69) is 43.4 Å². The van der Waals surface area contributed by atoms with Crippen molar-refractivity contribution in [3.8, 4) is 0 Å². The molecule has 2 unspecified atom stereocenters. The Morgan fingerprint density at radius 2 is 2.05 bits per heavy atom. The molecule has 3 nitrogen and oxygen atoms in total. The normalized spacial score (nSPS) is 29.1. The minimum atomic E-state index is 0.0467. The van der Waals surface area contributed by atoms with Crippen LogP contribution in [0.4, 0.5) is 0 Å². The molecular formula is C16H22N2O. The number of nitrogens with one attached hydrogen (secondary N) is 1. The molecule has 1 amide bonds. The molecule has 3 rings (SSSR count). The van der Waals surface area contributed by atoms with Gasteiger partial charge in [0.25, 0.3) is 0 Å². The first-order valence-corrected chi connectivity index (χ1v) is 7.16. The lowest BCUT2D eigenvalue weighted by Gasteiger charge is -2.39. The molecule has 2 aliphatic rings. The van der Waals surface area contributed by atoms with Crippen LogP contribution < -0.4 is 5.32 Å². The van der Waals surface area contributed by atoms with Gasteiger partial charge >= 0.3 is 0 Å². The number of benzene rings is 1. The van der Waals surface area contributed by atoms with Crippen molar-refractivity contribution < 1.29 is 4.79 Å². The van der Waals surface area contributed by atoms with Crippen molar-refractivity contribution in [1.82, 2.24) is 10.2 Å². The van der Waals surface area contributed by atoms with Gasteiger partial charge < -0.3 is 10.2 Å². The molecule has 2 fully saturated rings. The van der Waals surface area contributed by atoms with Crippen LogP contribution in [0.2, 0.25) is 0 Å². The fourth-order valence-electron chi connectivity index (χ4n) is 3.10. The second kappa shape index (κ2) is 4.64. The summed E-state index contributed by atoms with van der Waals surface area (Å²) in [5, 5.41) is 3.45. The summed E-state index contributed by atoms with van der Waals surface area (Å²) in [4.78, 5) is 14.6. The molecule has 1 aliphatic heterocycles. The molecule has 2 atom stereocenters. The Morgan fingerprint density at radius 1 is 1.32 bits per heavy atom. The zero-order chi connectivity index (χ0) is 13.5. The summed E-state index contributed by atoms with van der Waals surface area (Å²) < 4.78 is 0. The Balaban J connectivity index is 1.64. The van der Waals surface area contributed by atoms with Gasteiger partial charge in [0.2, 0.25) is 5.91 Å². The molecule has 0 radical (unpaired) electrons. The number of carbonyl (C=O) groups is 1. The number of hydrogen-bond acceptors (Lipinski definition) is 2. The van der Waals surface area contributed by atoms with Crippen molar-refractivity contribution in [2.45, 2.75) is 31.7 Å². The summed E-state index contributed by atoms with van der Waals surface area (Å²) in [5.74, 6) is 1.02. The molecule has 0 aromatic heterocycles. The second-order valence-corrected chi connectivity index (χ2v) is 6.43. The summed E-state index contributed by atoms with van der Waals surface area (Å²) in [7, 11) is 0. The zero-order valence-electron chi connectivity index (χ0n) is 11.7. The molecule has 3 heteroatoms. The average Bonchev–Trinajstić information content (AvgIpc) is 3.18. The minimum Gasteiger partial charge on any atom is -0.339 e. The third kappa shape index (κ3) is 2.66. The lowest BCUT2D eigenvalue weighted by Crippen LogP contribution is -2.58. The van der Waals surface area contributed by atoms with Crippen molar-refractivity contribution in [1.29, 1.82) is 0 Å². The number of amides is 1. The van der Waals surface area contributed by atoms with Gasteiger partial charge in [-0.25, -0.2) is 0 Å². The number of hydrogen-bond donors (Lipinski definition) is 1. The van der Waals surface area contributed by atoms with Crippen LogP contribution in [0, 0.1) is 5.92 Å². The minimum absolute atomic E-state index is 0.0467. The van der Waals surface area contributed by atoms with E-state index in [9.17, 15) is 4.79 Å². The Kier molecular flexibility index (Phi) is 3.09. The van der Waals surface area contributed by atoms with Gasteiger partial charge in [-0.2, -0.15) is 0 Å². The summed E-state index contributed by atoms with van der Waals surface area (Å²) in [6.45, 7) is 6.90. The maximum Gasteiger partial charge on any atom is 0.226 e. The van der Waals surface area contributed by atoms with Crippen LogP contribution in [0.5, 0.6) is 0 Å². The highest BCUT2D eigenvalue weighted by Crippen LogP contribution is 2.48. The molecule has 19 heavy (non-hydrogen) atoms.